The second kappa shape index (κ2) is 6.32. The molecule has 0 N–H and O–H groups in total. The number of aromatic nitrogens is 1. The highest BCUT2D eigenvalue weighted by Gasteiger charge is 2.50. The Labute approximate surface area is 159 Å². The van der Waals surface area contributed by atoms with E-state index in [4.69, 9.17) is 0 Å². The van der Waals surface area contributed by atoms with Crippen molar-refractivity contribution >= 4 is 22.7 Å². The van der Waals surface area contributed by atoms with Crippen LogP contribution in [-0.4, -0.2) is 52.8 Å². The zero-order valence-electron chi connectivity index (χ0n) is 15.6. The van der Waals surface area contributed by atoms with Gasteiger partial charge < -0.3 is 9.80 Å². The van der Waals surface area contributed by atoms with E-state index in [9.17, 15) is 9.59 Å². The second-order valence-corrected chi connectivity index (χ2v) is 8.47. The lowest BCUT2D eigenvalue weighted by atomic mass is 9.78. The third-order valence-electron chi connectivity index (χ3n) is 6.49. The first-order valence-corrected chi connectivity index (χ1v) is 10.1. The van der Waals surface area contributed by atoms with E-state index in [0.29, 0.717) is 24.6 Å². The average Bonchev–Trinajstić information content (AvgIpc) is 3.42. The minimum atomic E-state index is -0.346. The van der Waals surface area contributed by atoms with Gasteiger partial charge in [0.05, 0.1) is 10.9 Å². The fourth-order valence-corrected chi connectivity index (χ4v) is 4.75. The highest BCUT2D eigenvalue weighted by atomic mass is 16.2. The fraction of sp³-hybridized carbons (Fsp3) is 0.500. The van der Waals surface area contributed by atoms with Crippen molar-refractivity contribution in [2.75, 3.05) is 26.2 Å². The summed E-state index contributed by atoms with van der Waals surface area (Å²) in [5.41, 5.74) is 1.23. The summed E-state index contributed by atoms with van der Waals surface area (Å²) in [6.07, 6.45) is 7.06. The van der Waals surface area contributed by atoms with Crippen LogP contribution in [0.25, 0.3) is 10.9 Å². The Bertz CT molecular complexity index is 907. The normalized spacial score (nSPS) is 25.6. The maximum absolute atomic E-state index is 13.2. The van der Waals surface area contributed by atoms with Crippen LogP contribution in [0.15, 0.2) is 36.5 Å². The number of piperidine rings is 1. The minimum Gasteiger partial charge on any atom is -0.342 e. The Kier molecular flexibility index (Phi) is 3.92. The first-order valence-electron chi connectivity index (χ1n) is 10.1. The first kappa shape index (κ1) is 16.7. The number of benzene rings is 1. The first-order chi connectivity index (χ1) is 13.1. The Balaban J connectivity index is 1.34. The van der Waals surface area contributed by atoms with Gasteiger partial charge in [0, 0.05) is 43.3 Å². The predicted octanol–water partition coefficient (Wildman–Crippen LogP) is 3.10. The molecule has 0 bridgehead atoms. The van der Waals surface area contributed by atoms with Crippen LogP contribution in [0, 0.1) is 11.3 Å². The van der Waals surface area contributed by atoms with Crippen molar-refractivity contribution < 1.29 is 9.59 Å². The number of carbonyl (C=O) groups excluding carboxylic acids is 2. The molecule has 1 unspecified atom stereocenters. The van der Waals surface area contributed by atoms with E-state index in [1.165, 1.54) is 12.8 Å². The maximum Gasteiger partial charge on any atom is 0.253 e. The van der Waals surface area contributed by atoms with Gasteiger partial charge in [-0.15, -0.1) is 0 Å². The van der Waals surface area contributed by atoms with Crippen molar-refractivity contribution in [2.45, 2.75) is 32.1 Å². The summed E-state index contributed by atoms with van der Waals surface area (Å²) >= 11 is 0. The number of nitrogens with zero attached hydrogens (tertiary/aromatic N) is 3. The van der Waals surface area contributed by atoms with Crippen LogP contribution in [-0.2, 0) is 4.79 Å². The quantitative estimate of drug-likeness (QED) is 0.842. The van der Waals surface area contributed by atoms with Gasteiger partial charge >= 0.3 is 0 Å². The molecule has 5 heteroatoms. The van der Waals surface area contributed by atoms with E-state index in [1.807, 2.05) is 35.2 Å². The molecule has 2 aromatic rings. The SMILES string of the molecule is O=C(c1ccc2ncccc2c1)N1CCC2(CCCN(CC3CC3)C2=O)C1. The van der Waals surface area contributed by atoms with Crippen molar-refractivity contribution in [1.29, 1.82) is 0 Å². The Morgan fingerprint density at radius 1 is 1.19 bits per heavy atom. The zero-order valence-corrected chi connectivity index (χ0v) is 15.6. The van der Waals surface area contributed by atoms with Gasteiger partial charge in [-0.25, -0.2) is 0 Å². The molecule has 3 fully saturated rings. The van der Waals surface area contributed by atoms with E-state index in [2.05, 4.69) is 9.88 Å². The number of amides is 2. The molecule has 5 rings (SSSR count). The van der Waals surface area contributed by atoms with Crippen LogP contribution in [0.2, 0.25) is 0 Å². The number of hydrogen-bond acceptors (Lipinski definition) is 3. The molecular weight excluding hydrogens is 338 g/mol. The summed E-state index contributed by atoms with van der Waals surface area (Å²) in [6, 6.07) is 9.53. The van der Waals surface area contributed by atoms with Gasteiger partial charge in [0.25, 0.3) is 5.91 Å². The Hall–Kier alpha value is -2.43. The van der Waals surface area contributed by atoms with Crippen molar-refractivity contribution in [3.8, 4) is 0 Å². The summed E-state index contributed by atoms with van der Waals surface area (Å²) in [4.78, 5) is 34.5. The van der Waals surface area contributed by atoms with Gasteiger partial charge in [-0.3, -0.25) is 14.6 Å². The molecule has 1 spiro atoms. The van der Waals surface area contributed by atoms with Crippen molar-refractivity contribution in [3.05, 3.63) is 42.1 Å². The van der Waals surface area contributed by atoms with E-state index in [-0.39, 0.29) is 11.3 Å². The molecule has 140 valence electrons. The van der Waals surface area contributed by atoms with Crippen LogP contribution in [0.4, 0.5) is 0 Å². The highest BCUT2D eigenvalue weighted by molar-refractivity contribution is 5.98. The van der Waals surface area contributed by atoms with Crippen molar-refractivity contribution in [2.24, 2.45) is 11.3 Å². The van der Waals surface area contributed by atoms with Gasteiger partial charge in [0.1, 0.15) is 0 Å². The largest absolute Gasteiger partial charge is 0.342 e. The van der Waals surface area contributed by atoms with Crippen molar-refractivity contribution in [3.63, 3.8) is 0 Å². The van der Waals surface area contributed by atoms with E-state index in [0.717, 1.165) is 49.2 Å². The molecule has 27 heavy (non-hydrogen) atoms. The van der Waals surface area contributed by atoms with Crippen LogP contribution >= 0.6 is 0 Å². The van der Waals surface area contributed by atoms with E-state index < -0.39 is 0 Å². The average molecular weight is 363 g/mol. The summed E-state index contributed by atoms with van der Waals surface area (Å²) in [7, 11) is 0. The summed E-state index contributed by atoms with van der Waals surface area (Å²) in [5.74, 6) is 1.04. The van der Waals surface area contributed by atoms with Crippen LogP contribution < -0.4 is 0 Å². The topological polar surface area (TPSA) is 53.5 Å². The number of hydrogen-bond donors (Lipinski definition) is 0. The third kappa shape index (κ3) is 2.99. The van der Waals surface area contributed by atoms with Gasteiger partial charge in [-0.05, 0) is 62.3 Å². The number of pyridine rings is 1. The molecule has 1 aromatic heterocycles. The molecule has 1 atom stereocenters. The number of likely N-dealkylation sites (tertiary alicyclic amines) is 2. The third-order valence-corrected chi connectivity index (χ3v) is 6.49. The van der Waals surface area contributed by atoms with Gasteiger partial charge in [-0.2, -0.15) is 0 Å². The Morgan fingerprint density at radius 2 is 2.07 bits per heavy atom. The zero-order chi connectivity index (χ0) is 18.4. The predicted molar refractivity (Wildman–Crippen MR) is 103 cm³/mol. The monoisotopic (exact) mass is 363 g/mol. The van der Waals surface area contributed by atoms with Gasteiger partial charge in [-0.1, -0.05) is 6.07 Å². The fourth-order valence-electron chi connectivity index (χ4n) is 4.75. The number of fused-ring (bicyclic) bond motifs is 1. The molecule has 2 saturated heterocycles. The molecule has 2 amide bonds. The second-order valence-electron chi connectivity index (χ2n) is 8.47. The minimum absolute atomic E-state index is 0.0322. The van der Waals surface area contributed by atoms with Crippen LogP contribution in [0.5, 0.6) is 0 Å². The lowest BCUT2D eigenvalue weighted by Crippen LogP contribution is -2.50. The molecule has 1 saturated carbocycles. The number of carbonyl (C=O) groups is 2. The molecule has 5 nitrogen and oxygen atoms in total. The van der Waals surface area contributed by atoms with E-state index in [1.54, 1.807) is 6.20 Å². The standard InChI is InChI=1S/C22H25N3O2/c26-20(18-6-7-19-17(13-18)3-1-10-23-19)25-12-9-22(15-25)8-2-11-24(21(22)27)14-16-4-5-16/h1,3,6-7,10,13,16H,2,4-5,8-9,11-12,14-15H2. The molecule has 3 heterocycles. The molecule has 3 aliphatic rings. The molecular formula is C22H25N3O2. The highest BCUT2D eigenvalue weighted by Crippen LogP contribution is 2.42. The van der Waals surface area contributed by atoms with Crippen LogP contribution in [0.3, 0.4) is 0 Å². The van der Waals surface area contributed by atoms with Gasteiger partial charge in [0.2, 0.25) is 5.91 Å². The van der Waals surface area contributed by atoms with Crippen LogP contribution in [0.1, 0.15) is 42.5 Å². The van der Waals surface area contributed by atoms with Gasteiger partial charge in [0.15, 0.2) is 0 Å². The Morgan fingerprint density at radius 3 is 2.93 bits per heavy atom. The smallest absolute Gasteiger partial charge is 0.253 e. The maximum atomic E-state index is 13.2. The molecule has 2 aliphatic heterocycles. The lowest BCUT2D eigenvalue weighted by molar-refractivity contribution is -0.145. The summed E-state index contributed by atoms with van der Waals surface area (Å²) < 4.78 is 0. The lowest BCUT2D eigenvalue weighted by Gasteiger charge is -2.39. The van der Waals surface area contributed by atoms with Crippen molar-refractivity contribution in [1.82, 2.24) is 14.8 Å². The summed E-state index contributed by atoms with van der Waals surface area (Å²) in [6.45, 7) is 3.05. The molecule has 1 aromatic carbocycles. The van der Waals surface area contributed by atoms with E-state index >= 15 is 0 Å². The molecule has 0 radical (unpaired) electrons. The molecule has 1 aliphatic carbocycles. The summed E-state index contributed by atoms with van der Waals surface area (Å²) in [5, 5.41) is 0.974. The number of rotatable bonds is 3.